The molecule has 0 aliphatic heterocycles. The summed E-state index contributed by atoms with van der Waals surface area (Å²) in [4.78, 5) is 28.5. The molecule has 0 aliphatic rings. The van der Waals surface area contributed by atoms with Crippen molar-refractivity contribution in [2.45, 2.75) is 41.5 Å². The van der Waals surface area contributed by atoms with Crippen LogP contribution in [0.4, 0.5) is 0 Å². The predicted octanol–water partition coefficient (Wildman–Crippen LogP) is -1.32. The van der Waals surface area contributed by atoms with Crippen LogP contribution < -0.4 is 20.4 Å². The standard InChI is InChI=1S/2C4H11N.C4H6O2.C2H7O4P/c2*1-3-5-4-2;1-2-3-4(5)6;1-2-6-7(3,4)5/h2*5H,3-4H2,1-2H3;2-3H,1H3,(H,5,6);2H2,1H3,(H2,3,4,5). The Hall–Kier alpha value is -0.760. The van der Waals surface area contributed by atoms with Gasteiger partial charge < -0.3 is 34.6 Å². The average molecular weight is 358 g/mol. The molecule has 0 amide bonds. The maximum atomic E-state index is 9.51. The summed E-state index contributed by atoms with van der Waals surface area (Å²) in [6.45, 7) is 16.5. The number of nitrogens with two attached hydrogens (primary N) is 2. The molecule has 23 heavy (non-hydrogen) atoms. The quantitative estimate of drug-likeness (QED) is 0.380. The molecule has 0 radical (unpaired) electrons. The number of carboxylic acid groups (broad SMARTS) is 1. The van der Waals surface area contributed by atoms with Gasteiger partial charge in [-0.15, -0.1) is 0 Å². The molecule has 0 aromatic heterocycles. The number of phosphoric ester groups is 1. The lowest BCUT2D eigenvalue weighted by Gasteiger charge is -2.27. The van der Waals surface area contributed by atoms with Gasteiger partial charge in [-0.3, -0.25) is 0 Å². The molecule has 0 spiro atoms. The number of quaternary nitrogens is 2. The lowest BCUT2D eigenvalue weighted by Crippen LogP contribution is -2.82. The zero-order valence-electron chi connectivity index (χ0n) is 15.3. The van der Waals surface area contributed by atoms with Gasteiger partial charge in [0.15, 0.2) is 0 Å². The van der Waals surface area contributed by atoms with Crippen LogP contribution in [-0.4, -0.2) is 43.9 Å². The van der Waals surface area contributed by atoms with E-state index in [4.69, 9.17) is 5.11 Å². The maximum Gasteiger partial charge on any atom is 0.327 e. The van der Waals surface area contributed by atoms with Crippen LogP contribution in [0.5, 0.6) is 0 Å². The van der Waals surface area contributed by atoms with E-state index in [1.165, 1.54) is 39.2 Å². The molecule has 0 unspecified atom stereocenters. The van der Waals surface area contributed by atoms with Gasteiger partial charge in [0.25, 0.3) is 0 Å². The number of carbonyl (C=O) groups is 1. The van der Waals surface area contributed by atoms with Crippen LogP contribution >= 0.6 is 7.82 Å². The van der Waals surface area contributed by atoms with Gasteiger partial charge in [0.1, 0.15) is 0 Å². The van der Waals surface area contributed by atoms with E-state index in [-0.39, 0.29) is 6.61 Å². The number of hydrogen-bond acceptors (Lipinski definition) is 5. The summed E-state index contributed by atoms with van der Waals surface area (Å²) in [5.41, 5.74) is 0. The molecule has 0 atom stereocenters. The second kappa shape index (κ2) is 26.2. The minimum Gasteiger partial charge on any atom is -0.790 e. The molecule has 0 aliphatic carbocycles. The highest BCUT2D eigenvalue weighted by Gasteiger charge is 1.81. The Kier molecular flexibility index (Phi) is 34.3. The minimum absolute atomic E-state index is 0.0791. The van der Waals surface area contributed by atoms with Gasteiger partial charge in [-0.1, -0.05) is 6.08 Å². The lowest BCUT2D eigenvalue weighted by molar-refractivity contribution is -0.648. The second-order valence-electron chi connectivity index (χ2n) is 3.91. The van der Waals surface area contributed by atoms with Crippen LogP contribution in [0.15, 0.2) is 12.2 Å². The zero-order chi connectivity index (χ0) is 19.1. The summed E-state index contributed by atoms with van der Waals surface area (Å²) in [7, 11) is -4.67. The molecule has 5 N–H and O–H groups in total. The van der Waals surface area contributed by atoms with Crippen molar-refractivity contribution in [2.24, 2.45) is 0 Å². The third-order valence-corrected chi connectivity index (χ3v) is 2.33. The first-order valence-electron chi connectivity index (χ1n) is 7.81. The molecule has 0 heterocycles. The van der Waals surface area contributed by atoms with Crippen molar-refractivity contribution in [1.82, 2.24) is 0 Å². The van der Waals surface area contributed by atoms with Crippen LogP contribution in [0.3, 0.4) is 0 Å². The fraction of sp³-hybridized carbons (Fsp3) is 0.786. The molecule has 8 nitrogen and oxygen atoms in total. The van der Waals surface area contributed by atoms with Crippen LogP contribution in [-0.2, 0) is 13.9 Å². The van der Waals surface area contributed by atoms with Gasteiger partial charge >= 0.3 is 5.97 Å². The number of hydrogen-bond donors (Lipinski definition) is 3. The van der Waals surface area contributed by atoms with Crippen molar-refractivity contribution >= 4 is 13.8 Å². The topological polar surface area (TPSA) is 143 Å². The Morgan fingerprint density at radius 2 is 1.39 bits per heavy atom. The molecule has 0 fully saturated rings. The molecular weight excluding hydrogens is 323 g/mol. The fourth-order valence-electron chi connectivity index (χ4n) is 0.878. The molecule has 9 heteroatoms. The molecule has 0 saturated carbocycles. The molecule has 0 rings (SSSR count). The third-order valence-electron chi connectivity index (χ3n) is 1.75. The normalized spacial score (nSPS) is 9.74. The van der Waals surface area contributed by atoms with Crippen LogP contribution in [0.2, 0.25) is 0 Å². The van der Waals surface area contributed by atoms with Crippen molar-refractivity contribution < 1.29 is 39.4 Å². The van der Waals surface area contributed by atoms with E-state index in [9.17, 15) is 19.1 Å². The molecule has 0 saturated heterocycles. The Balaban J connectivity index is -0.000000106. The van der Waals surface area contributed by atoms with Gasteiger partial charge in [0.05, 0.1) is 34.0 Å². The summed E-state index contributed by atoms with van der Waals surface area (Å²) in [5, 5.41) is 12.3. The summed E-state index contributed by atoms with van der Waals surface area (Å²) < 4.78 is 13.2. The number of carboxylic acids is 1. The molecule has 0 bridgehead atoms. The highest BCUT2D eigenvalue weighted by atomic mass is 31.2. The van der Waals surface area contributed by atoms with E-state index in [0.29, 0.717) is 0 Å². The predicted molar refractivity (Wildman–Crippen MR) is 87.7 cm³/mol. The molecule has 0 aromatic rings. The first-order chi connectivity index (χ1) is 10.7. The fourth-order valence-corrected chi connectivity index (χ4v) is 1.19. The van der Waals surface area contributed by atoms with Gasteiger partial charge in [-0.25, -0.2) is 4.79 Å². The highest BCUT2D eigenvalue weighted by molar-refractivity contribution is 7.43. The van der Waals surface area contributed by atoms with E-state index in [2.05, 4.69) is 42.9 Å². The van der Waals surface area contributed by atoms with Crippen LogP contribution in [0.1, 0.15) is 41.5 Å². The Labute approximate surface area is 140 Å². The monoisotopic (exact) mass is 358 g/mol. The highest BCUT2D eigenvalue weighted by Crippen LogP contribution is 2.23. The van der Waals surface area contributed by atoms with Crippen LogP contribution in [0, 0.1) is 0 Å². The van der Waals surface area contributed by atoms with Gasteiger partial charge in [0, 0.05) is 12.7 Å². The van der Waals surface area contributed by atoms with E-state index < -0.39 is 13.8 Å². The lowest BCUT2D eigenvalue weighted by atomic mass is 10.5. The average Bonchev–Trinajstić information content (AvgIpc) is 2.41. The van der Waals surface area contributed by atoms with E-state index >= 15 is 0 Å². The first-order valence-corrected chi connectivity index (χ1v) is 9.28. The van der Waals surface area contributed by atoms with E-state index in [1.807, 2.05) is 0 Å². The SMILES string of the molecule is CC=CC(=O)O.CCOP(=O)([O-])[O-].CC[NH2+]CC.CC[NH2+]CC. The van der Waals surface area contributed by atoms with Gasteiger partial charge in [-0.2, -0.15) is 0 Å². The molecular formula is C14H35N2O6P. The Morgan fingerprint density at radius 1 is 1.04 bits per heavy atom. The van der Waals surface area contributed by atoms with Crippen molar-refractivity contribution in [3.8, 4) is 0 Å². The van der Waals surface area contributed by atoms with Crippen molar-refractivity contribution in [3.05, 3.63) is 12.2 Å². The number of aliphatic carboxylic acids is 1. The number of rotatable bonds is 7. The van der Waals surface area contributed by atoms with Crippen molar-refractivity contribution in [2.75, 3.05) is 32.8 Å². The van der Waals surface area contributed by atoms with Crippen molar-refractivity contribution in [1.29, 1.82) is 0 Å². The largest absolute Gasteiger partial charge is 0.790 e. The van der Waals surface area contributed by atoms with Gasteiger partial charge in [0.2, 0.25) is 0 Å². The number of allylic oxidation sites excluding steroid dienone is 1. The smallest absolute Gasteiger partial charge is 0.327 e. The molecule has 0 aromatic carbocycles. The third kappa shape index (κ3) is 75.0. The number of phosphoric acid groups is 1. The molecule has 142 valence electrons. The Morgan fingerprint density at radius 3 is 1.39 bits per heavy atom. The van der Waals surface area contributed by atoms with Gasteiger partial charge in [-0.05, 0) is 41.5 Å². The minimum atomic E-state index is -4.67. The first kappa shape index (κ1) is 30.2. The van der Waals surface area contributed by atoms with Crippen LogP contribution in [0.25, 0.3) is 0 Å². The van der Waals surface area contributed by atoms with E-state index in [1.54, 1.807) is 6.92 Å². The summed E-state index contributed by atoms with van der Waals surface area (Å²) in [6.07, 6.45) is 2.56. The second-order valence-corrected chi connectivity index (χ2v) is 5.07. The summed E-state index contributed by atoms with van der Waals surface area (Å²) in [6, 6.07) is 0. The van der Waals surface area contributed by atoms with Crippen molar-refractivity contribution in [3.63, 3.8) is 0 Å². The van der Waals surface area contributed by atoms with E-state index in [0.717, 1.165) is 6.08 Å². The Bertz CT molecular complexity index is 285. The summed E-state index contributed by atoms with van der Waals surface area (Å²) in [5.74, 6) is -0.891. The maximum absolute atomic E-state index is 9.51. The summed E-state index contributed by atoms with van der Waals surface area (Å²) >= 11 is 0. The zero-order valence-corrected chi connectivity index (χ0v) is 16.2.